The fourth-order valence-corrected chi connectivity index (χ4v) is 4.40. The third-order valence-corrected chi connectivity index (χ3v) is 6.06. The summed E-state index contributed by atoms with van der Waals surface area (Å²) in [4.78, 5) is 4.80. The normalized spacial score (nSPS) is 24.8. The van der Waals surface area contributed by atoms with Crippen LogP contribution in [0.3, 0.4) is 0 Å². The van der Waals surface area contributed by atoms with E-state index in [4.69, 9.17) is 9.41 Å². The van der Waals surface area contributed by atoms with Crippen molar-refractivity contribution in [2.45, 2.75) is 68.7 Å². The fourth-order valence-electron chi connectivity index (χ4n) is 3.61. The first-order valence-electron chi connectivity index (χ1n) is 8.96. The summed E-state index contributed by atoms with van der Waals surface area (Å²) in [7, 11) is 0. The molecule has 0 aliphatic heterocycles. The number of nitrogens with zero attached hydrogens (tertiary/aromatic N) is 1. The minimum absolute atomic E-state index is 0. The SMILES string of the molecule is CSC1CCC(NC(=NCCc2ccco2)NC2CCCC2)C1.I. The van der Waals surface area contributed by atoms with Crippen molar-refractivity contribution < 1.29 is 4.42 Å². The Morgan fingerprint density at radius 3 is 2.67 bits per heavy atom. The van der Waals surface area contributed by atoms with E-state index in [1.54, 1.807) is 6.26 Å². The number of aliphatic imine (C=N–C) groups is 1. The van der Waals surface area contributed by atoms with Crippen molar-refractivity contribution in [1.29, 1.82) is 0 Å². The number of halogens is 1. The predicted molar refractivity (Wildman–Crippen MR) is 114 cm³/mol. The molecule has 3 rings (SSSR count). The first kappa shape index (κ1) is 19.9. The minimum Gasteiger partial charge on any atom is -0.469 e. The highest BCUT2D eigenvalue weighted by atomic mass is 127. The number of guanidine groups is 1. The molecule has 2 atom stereocenters. The summed E-state index contributed by atoms with van der Waals surface area (Å²) in [6.07, 6.45) is 13.9. The van der Waals surface area contributed by atoms with Gasteiger partial charge in [0, 0.05) is 30.3 Å². The Morgan fingerprint density at radius 2 is 2.00 bits per heavy atom. The summed E-state index contributed by atoms with van der Waals surface area (Å²) in [6, 6.07) is 5.13. The number of furan rings is 1. The molecule has 2 saturated carbocycles. The number of rotatable bonds is 6. The van der Waals surface area contributed by atoms with Crippen molar-refractivity contribution in [3.05, 3.63) is 24.2 Å². The van der Waals surface area contributed by atoms with Gasteiger partial charge in [0.25, 0.3) is 0 Å². The summed E-state index contributed by atoms with van der Waals surface area (Å²) in [5.41, 5.74) is 0. The maximum Gasteiger partial charge on any atom is 0.191 e. The fraction of sp³-hybridized carbons (Fsp3) is 0.722. The smallest absolute Gasteiger partial charge is 0.191 e. The lowest BCUT2D eigenvalue weighted by molar-refractivity contribution is 0.510. The summed E-state index contributed by atoms with van der Waals surface area (Å²) in [5.74, 6) is 2.02. The van der Waals surface area contributed by atoms with Crippen molar-refractivity contribution >= 4 is 41.7 Å². The molecule has 2 fully saturated rings. The molecule has 2 unspecified atom stereocenters. The van der Waals surface area contributed by atoms with E-state index in [1.165, 1.54) is 44.9 Å². The molecule has 0 aromatic carbocycles. The summed E-state index contributed by atoms with van der Waals surface area (Å²) in [5, 5.41) is 8.15. The quantitative estimate of drug-likeness (QED) is 0.377. The van der Waals surface area contributed by atoms with Crippen LogP contribution in [0, 0.1) is 0 Å². The molecule has 136 valence electrons. The summed E-state index contributed by atoms with van der Waals surface area (Å²) in [6.45, 7) is 0.772. The van der Waals surface area contributed by atoms with E-state index in [0.717, 1.165) is 29.9 Å². The van der Waals surface area contributed by atoms with Gasteiger partial charge in [-0.2, -0.15) is 11.8 Å². The van der Waals surface area contributed by atoms with E-state index >= 15 is 0 Å². The van der Waals surface area contributed by atoms with Crippen LogP contribution in [0.5, 0.6) is 0 Å². The first-order chi connectivity index (χ1) is 11.3. The lowest BCUT2D eigenvalue weighted by Crippen LogP contribution is -2.46. The van der Waals surface area contributed by atoms with Gasteiger partial charge in [-0.1, -0.05) is 12.8 Å². The number of nitrogens with one attached hydrogen (secondary N) is 2. The Bertz CT molecular complexity index is 488. The zero-order valence-corrected chi connectivity index (χ0v) is 17.6. The van der Waals surface area contributed by atoms with Gasteiger partial charge in [-0.15, -0.1) is 24.0 Å². The molecule has 0 radical (unpaired) electrons. The van der Waals surface area contributed by atoms with Gasteiger partial charge in [-0.3, -0.25) is 4.99 Å². The summed E-state index contributed by atoms with van der Waals surface area (Å²) < 4.78 is 5.40. The molecule has 2 aliphatic carbocycles. The second-order valence-corrected chi connectivity index (χ2v) is 7.84. The Morgan fingerprint density at radius 1 is 1.21 bits per heavy atom. The van der Waals surface area contributed by atoms with Crippen molar-refractivity contribution in [1.82, 2.24) is 10.6 Å². The highest BCUT2D eigenvalue weighted by Crippen LogP contribution is 2.28. The van der Waals surface area contributed by atoms with E-state index in [2.05, 4.69) is 16.9 Å². The second-order valence-electron chi connectivity index (χ2n) is 6.70. The largest absolute Gasteiger partial charge is 0.469 e. The molecule has 0 saturated heterocycles. The van der Waals surface area contributed by atoms with Crippen LogP contribution in [0.25, 0.3) is 0 Å². The molecule has 1 aromatic heterocycles. The Balaban J connectivity index is 0.00000208. The average molecular weight is 463 g/mol. The molecule has 1 aromatic rings. The number of hydrogen-bond acceptors (Lipinski definition) is 3. The maximum atomic E-state index is 5.40. The lowest BCUT2D eigenvalue weighted by Gasteiger charge is -2.21. The molecule has 4 nitrogen and oxygen atoms in total. The molecule has 0 spiro atoms. The standard InChI is InChI=1S/C18H29N3OS.HI/c1-23-17-9-8-15(13-17)21-18(20-14-5-2-3-6-14)19-11-10-16-7-4-12-22-16;/h4,7,12,14-15,17H,2-3,5-6,8-11,13H2,1H3,(H2,19,20,21);1H. The van der Waals surface area contributed by atoms with Crippen LogP contribution in [0.1, 0.15) is 50.7 Å². The van der Waals surface area contributed by atoms with Crippen LogP contribution in [-0.2, 0) is 6.42 Å². The number of hydrogen-bond donors (Lipinski definition) is 2. The van der Waals surface area contributed by atoms with Gasteiger partial charge in [0.2, 0.25) is 0 Å². The van der Waals surface area contributed by atoms with E-state index in [0.29, 0.717) is 12.1 Å². The van der Waals surface area contributed by atoms with E-state index < -0.39 is 0 Å². The molecule has 2 aliphatic rings. The van der Waals surface area contributed by atoms with Crippen LogP contribution in [0.2, 0.25) is 0 Å². The third-order valence-electron chi connectivity index (χ3n) is 4.96. The van der Waals surface area contributed by atoms with Gasteiger partial charge >= 0.3 is 0 Å². The highest BCUT2D eigenvalue weighted by Gasteiger charge is 2.25. The lowest BCUT2D eigenvalue weighted by atomic mass is 10.2. The third kappa shape index (κ3) is 6.17. The Kier molecular flexibility index (Phi) is 8.80. The van der Waals surface area contributed by atoms with Gasteiger partial charge in [0.15, 0.2) is 5.96 Å². The van der Waals surface area contributed by atoms with Gasteiger partial charge < -0.3 is 15.1 Å². The molecule has 0 bridgehead atoms. The van der Waals surface area contributed by atoms with E-state index in [1.807, 2.05) is 23.9 Å². The second kappa shape index (κ2) is 10.6. The van der Waals surface area contributed by atoms with Gasteiger partial charge in [0.1, 0.15) is 5.76 Å². The van der Waals surface area contributed by atoms with Crippen LogP contribution in [0.15, 0.2) is 27.8 Å². The zero-order valence-electron chi connectivity index (χ0n) is 14.5. The van der Waals surface area contributed by atoms with Crippen LogP contribution < -0.4 is 10.6 Å². The molecular weight excluding hydrogens is 433 g/mol. The van der Waals surface area contributed by atoms with E-state index in [-0.39, 0.29) is 24.0 Å². The van der Waals surface area contributed by atoms with Crippen LogP contribution in [0.4, 0.5) is 0 Å². The maximum absolute atomic E-state index is 5.40. The molecule has 24 heavy (non-hydrogen) atoms. The van der Waals surface area contributed by atoms with Crippen molar-refractivity contribution in [2.75, 3.05) is 12.8 Å². The molecule has 6 heteroatoms. The molecular formula is C18H30IN3OS. The topological polar surface area (TPSA) is 49.6 Å². The Hall–Kier alpha value is -0.370. The Labute approximate surface area is 167 Å². The van der Waals surface area contributed by atoms with Crippen LogP contribution in [-0.4, -0.2) is 36.1 Å². The van der Waals surface area contributed by atoms with Crippen molar-refractivity contribution in [3.8, 4) is 0 Å². The first-order valence-corrected chi connectivity index (χ1v) is 10.2. The summed E-state index contributed by atoms with van der Waals surface area (Å²) >= 11 is 2.00. The molecule has 1 heterocycles. The average Bonchev–Trinajstić information content (AvgIpc) is 3.29. The van der Waals surface area contributed by atoms with Gasteiger partial charge in [0.05, 0.1) is 6.26 Å². The van der Waals surface area contributed by atoms with Gasteiger partial charge in [-0.25, -0.2) is 0 Å². The number of thioether (sulfide) groups is 1. The van der Waals surface area contributed by atoms with Crippen LogP contribution >= 0.6 is 35.7 Å². The zero-order chi connectivity index (χ0) is 15.9. The van der Waals surface area contributed by atoms with Crippen molar-refractivity contribution in [3.63, 3.8) is 0 Å². The highest BCUT2D eigenvalue weighted by molar-refractivity contribution is 14.0. The van der Waals surface area contributed by atoms with Crippen molar-refractivity contribution in [2.24, 2.45) is 4.99 Å². The van der Waals surface area contributed by atoms with E-state index in [9.17, 15) is 0 Å². The molecule has 2 N–H and O–H groups in total. The monoisotopic (exact) mass is 463 g/mol. The van der Waals surface area contributed by atoms with Gasteiger partial charge in [-0.05, 0) is 50.5 Å². The molecule has 0 amide bonds. The minimum atomic E-state index is 0. The predicted octanol–water partition coefficient (Wildman–Crippen LogP) is 4.20.